The fourth-order valence-electron chi connectivity index (χ4n) is 1.87. The fourth-order valence-corrected chi connectivity index (χ4v) is 1.87. The van der Waals surface area contributed by atoms with Gasteiger partial charge in [0.25, 0.3) is 0 Å². The van der Waals surface area contributed by atoms with Crippen molar-refractivity contribution in [2.45, 2.75) is 38.6 Å². The van der Waals surface area contributed by atoms with E-state index in [1.54, 1.807) is 19.0 Å². The molecule has 0 aliphatic carbocycles. The molecule has 0 saturated heterocycles. The van der Waals surface area contributed by atoms with E-state index in [9.17, 15) is 4.79 Å². The lowest BCUT2D eigenvalue weighted by atomic mass is 10.0. The third-order valence-electron chi connectivity index (χ3n) is 3.27. The van der Waals surface area contributed by atoms with Crippen LogP contribution in [0, 0.1) is 0 Å². The Kier molecular flexibility index (Phi) is 7.09. The van der Waals surface area contributed by atoms with Crippen LogP contribution in [0.3, 0.4) is 0 Å². The third-order valence-corrected chi connectivity index (χ3v) is 3.27. The summed E-state index contributed by atoms with van der Waals surface area (Å²) in [6, 6.07) is 8.14. The molecule has 4 heteroatoms. The first-order valence-electron chi connectivity index (χ1n) is 7.21. The molecule has 0 saturated carbocycles. The number of ether oxygens (including phenoxy) is 1. The standard InChI is InChI=1S/C16H26N2O2/c1-4-14(17)12-13-8-5-6-9-15(13)20-11-7-10-16(19)18(2)3/h5-6,8-9,14H,4,7,10-12,17H2,1-3H3. The van der Waals surface area contributed by atoms with Crippen molar-refractivity contribution in [2.75, 3.05) is 20.7 Å². The number of nitrogens with two attached hydrogens (primary N) is 1. The Hall–Kier alpha value is -1.55. The number of hydrogen-bond donors (Lipinski definition) is 1. The van der Waals surface area contributed by atoms with Crippen LogP contribution in [-0.4, -0.2) is 37.6 Å². The molecule has 0 fully saturated rings. The summed E-state index contributed by atoms with van der Waals surface area (Å²) in [5, 5.41) is 0. The van der Waals surface area contributed by atoms with E-state index in [1.165, 1.54) is 0 Å². The summed E-state index contributed by atoms with van der Waals surface area (Å²) in [6.07, 6.45) is 3.02. The van der Waals surface area contributed by atoms with Crippen LogP contribution < -0.4 is 10.5 Å². The molecule has 1 atom stereocenters. The molecule has 0 aliphatic rings. The van der Waals surface area contributed by atoms with E-state index in [4.69, 9.17) is 10.5 Å². The average Bonchev–Trinajstić information content (AvgIpc) is 2.44. The monoisotopic (exact) mass is 278 g/mol. The number of carbonyl (C=O) groups excluding carboxylic acids is 1. The van der Waals surface area contributed by atoms with Gasteiger partial charge in [-0.05, 0) is 30.9 Å². The molecule has 1 unspecified atom stereocenters. The van der Waals surface area contributed by atoms with Crippen LogP contribution in [0.5, 0.6) is 5.75 Å². The lowest BCUT2D eigenvalue weighted by Gasteiger charge is -2.15. The summed E-state index contributed by atoms with van der Waals surface area (Å²) in [4.78, 5) is 13.1. The van der Waals surface area contributed by atoms with E-state index in [0.717, 1.165) is 30.6 Å². The van der Waals surface area contributed by atoms with Crippen LogP contribution in [0.25, 0.3) is 0 Å². The Balaban J connectivity index is 2.45. The number of carbonyl (C=O) groups is 1. The topological polar surface area (TPSA) is 55.6 Å². The first-order valence-corrected chi connectivity index (χ1v) is 7.21. The highest BCUT2D eigenvalue weighted by molar-refractivity contribution is 5.75. The second-order valence-electron chi connectivity index (χ2n) is 5.22. The quantitative estimate of drug-likeness (QED) is 0.742. The van der Waals surface area contributed by atoms with E-state index < -0.39 is 0 Å². The summed E-state index contributed by atoms with van der Waals surface area (Å²) in [5.41, 5.74) is 7.14. The van der Waals surface area contributed by atoms with Gasteiger partial charge in [-0.15, -0.1) is 0 Å². The minimum atomic E-state index is 0.134. The fraction of sp³-hybridized carbons (Fsp3) is 0.562. The van der Waals surface area contributed by atoms with Crippen molar-refractivity contribution in [3.63, 3.8) is 0 Å². The average molecular weight is 278 g/mol. The summed E-state index contributed by atoms with van der Waals surface area (Å²) < 4.78 is 5.79. The predicted octanol–water partition coefficient (Wildman–Crippen LogP) is 2.21. The predicted molar refractivity (Wildman–Crippen MR) is 81.8 cm³/mol. The van der Waals surface area contributed by atoms with Crippen molar-refractivity contribution in [1.29, 1.82) is 0 Å². The molecule has 112 valence electrons. The van der Waals surface area contributed by atoms with Crippen molar-refractivity contribution in [3.8, 4) is 5.75 Å². The Morgan fingerprint density at radius 3 is 2.70 bits per heavy atom. The molecule has 4 nitrogen and oxygen atoms in total. The normalized spacial score (nSPS) is 12.0. The first-order chi connectivity index (χ1) is 9.54. The van der Waals surface area contributed by atoms with Gasteiger partial charge in [0.15, 0.2) is 0 Å². The molecule has 0 aromatic heterocycles. The summed E-state index contributed by atoms with van der Waals surface area (Å²) in [6.45, 7) is 2.64. The van der Waals surface area contributed by atoms with Crippen LogP contribution in [0.15, 0.2) is 24.3 Å². The zero-order valence-corrected chi connectivity index (χ0v) is 12.8. The van der Waals surface area contributed by atoms with Crippen molar-refractivity contribution in [1.82, 2.24) is 4.90 Å². The molecule has 1 rings (SSSR count). The highest BCUT2D eigenvalue weighted by Crippen LogP contribution is 2.20. The maximum absolute atomic E-state index is 11.5. The van der Waals surface area contributed by atoms with Crippen LogP contribution in [0.1, 0.15) is 31.7 Å². The minimum absolute atomic E-state index is 0.134. The van der Waals surface area contributed by atoms with E-state index >= 15 is 0 Å². The summed E-state index contributed by atoms with van der Waals surface area (Å²) in [7, 11) is 3.54. The van der Waals surface area contributed by atoms with Crippen molar-refractivity contribution in [2.24, 2.45) is 5.73 Å². The molecule has 2 N–H and O–H groups in total. The number of nitrogens with zero attached hydrogens (tertiary/aromatic N) is 1. The molecule has 0 spiro atoms. The zero-order valence-electron chi connectivity index (χ0n) is 12.8. The molecule has 0 radical (unpaired) electrons. The van der Waals surface area contributed by atoms with Gasteiger partial charge >= 0.3 is 0 Å². The Bertz CT molecular complexity index is 419. The lowest BCUT2D eigenvalue weighted by molar-refractivity contribution is -0.128. The maximum atomic E-state index is 11.5. The molecule has 1 aromatic rings. The number of para-hydroxylation sites is 1. The highest BCUT2D eigenvalue weighted by Gasteiger charge is 2.08. The molecular formula is C16H26N2O2. The molecular weight excluding hydrogens is 252 g/mol. The van der Waals surface area contributed by atoms with Gasteiger partial charge in [0.1, 0.15) is 5.75 Å². The van der Waals surface area contributed by atoms with Gasteiger partial charge in [-0.1, -0.05) is 25.1 Å². The van der Waals surface area contributed by atoms with E-state index in [1.807, 2.05) is 18.2 Å². The molecule has 20 heavy (non-hydrogen) atoms. The third kappa shape index (κ3) is 5.61. The van der Waals surface area contributed by atoms with Gasteiger partial charge in [-0.3, -0.25) is 4.79 Å². The molecule has 1 amide bonds. The van der Waals surface area contributed by atoms with Crippen LogP contribution >= 0.6 is 0 Å². The highest BCUT2D eigenvalue weighted by atomic mass is 16.5. The number of hydrogen-bond acceptors (Lipinski definition) is 3. The van der Waals surface area contributed by atoms with Crippen LogP contribution in [0.4, 0.5) is 0 Å². The van der Waals surface area contributed by atoms with Gasteiger partial charge in [0.2, 0.25) is 5.91 Å². The first kappa shape index (κ1) is 16.5. The zero-order chi connectivity index (χ0) is 15.0. The molecule has 0 aliphatic heterocycles. The SMILES string of the molecule is CCC(N)Cc1ccccc1OCCCC(=O)N(C)C. The van der Waals surface area contributed by atoms with E-state index in [-0.39, 0.29) is 11.9 Å². The maximum Gasteiger partial charge on any atom is 0.222 e. The van der Waals surface area contributed by atoms with Gasteiger partial charge < -0.3 is 15.4 Å². The molecule has 0 bridgehead atoms. The summed E-state index contributed by atoms with van der Waals surface area (Å²) in [5.74, 6) is 1.02. The second kappa shape index (κ2) is 8.59. The van der Waals surface area contributed by atoms with Crippen LogP contribution in [0.2, 0.25) is 0 Å². The van der Waals surface area contributed by atoms with Crippen molar-refractivity contribution < 1.29 is 9.53 Å². The molecule has 1 aromatic carbocycles. The lowest BCUT2D eigenvalue weighted by Crippen LogP contribution is -2.22. The van der Waals surface area contributed by atoms with E-state index in [0.29, 0.717) is 13.0 Å². The summed E-state index contributed by atoms with van der Waals surface area (Å²) >= 11 is 0. The second-order valence-corrected chi connectivity index (χ2v) is 5.22. The molecule has 0 heterocycles. The minimum Gasteiger partial charge on any atom is -0.493 e. The Morgan fingerprint density at radius 1 is 1.35 bits per heavy atom. The van der Waals surface area contributed by atoms with Crippen LogP contribution in [-0.2, 0) is 11.2 Å². The number of rotatable bonds is 8. The Labute approximate surface area is 121 Å². The van der Waals surface area contributed by atoms with Gasteiger partial charge in [-0.2, -0.15) is 0 Å². The number of benzene rings is 1. The Morgan fingerprint density at radius 2 is 2.05 bits per heavy atom. The van der Waals surface area contributed by atoms with E-state index in [2.05, 4.69) is 13.0 Å². The smallest absolute Gasteiger partial charge is 0.222 e. The van der Waals surface area contributed by atoms with Gasteiger partial charge in [0, 0.05) is 26.6 Å². The van der Waals surface area contributed by atoms with Crippen molar-refractivity contribution >= 4 is 5.91 Å². The largest absolute Gasteiger partial charge is 0.493 e. The van der Waals surface area contributed by atoms with Gasteiger partial charge in [0.05, 0.1) is 6.61 Å². The number of amides is 1. The van der Waals surface area contributed by atoms with Gasteiger partial charge in [-0.25, -0.2) is 0 Å². The van der Waals surface area contributed by atoms with Crippen molar-refractivity contribution in [3.05, 3.63) is 29.8 Å².